The summed E-state index contributed by atoms with van der Waals surface area (Å²) in [7, 11) is 5.44. The van der Waals surface area contributed by atoms with Crippen molar-refractivity contribution in [3.63, 3.8) is 0 Å². The van der Waals surface area contributed by atoms with Gasteiger partial charge in [-0.2, -0.15) is 13.2 Å². The first-order chi connectivity index (χ1) is 9.81. The van der Waals surface area contributed by atoms with Crippen LogP contribution in [0.25, 0.3) is 0 Å². The lowest BCUT2D eigenvalue weighted by molar-refractivity contribution is -0.132. The van der Waals surface area contributed by atoms with Crippen molar-refractivity contribution in [2.75, 3.05) is 32.6 Å². The second-order valence-corrected chi connectivity index (χ2v) is 4.78. The summed E-state index contributed by atoms with van der Waals surface area (Å²) in [5, 5.41) is 5.62. The fourth-order valence-electron chi connectivity index (χ4n) is 1.64. The fraction of sp³-hybridized carbons (Fsp3) is 0.500. The highest BCUT2D eigenvalue weighted by molar-refractivity contribution is 14.0. The maximum Gasteiger partial charge on any atom is 0.390 e. The number of aliphatic imine (C=N–C) groups is 1. The normalized spacial score (nSPS) is 11.6. The number of alkyl halides is 3. The number of anilines is 1. The standard InChI is InChI=1S/C14H21F3N4.HI/c1-18-13(19-9-8-14(15,16)17)20-10-11-4-6-12(7-5-11)21(2)3;/h4-7H,8-10H2,1-3H3,(H2,18,19,20);1H. The lowest BCUT2D eigenvalue weighted by atomic mass is 10.2. The maximum atomic E-state index is 12.1. The number of rotatable bonds is 5. The van der Waals surface area contributed by atoms with Gasteiger partial charge in [0.25, 0.3) is 0 Å². The molecule has 1 rings (SSSR count). The first kappa shape index (κ1) is 20.8. The van der Waals surface area contributed by atoms with Crippen LogP contribution in [0.15, 0.2) is 29.3 Å². The number of halogens is 4. The Balaban J connectivity index is 0.00000441. The molecule has 0 atom stereocenters. The number of guanidine groups is 1. The zero-order chi connectivity index (χ0) is 15.9. The molecule has 8 heteroatoms. The van der Waals surface area contributed by atoms with Crippen molar-refractivity contribution in [3.8, 4) is 0 Å². The van der Waals surface area contributed by atoms with E-state index in [1.54, 1.807) is 0 Å². The minimum Gasteiger partial charge on any atom is -0.378 e. The molecular weight excluding hydrogens is 408 g/mol. The van der Waals surface area contributed by atoms with E-state index in [0.29, 0.717) is 12.5 Å². The summed E-state index contributed by atoms with van der Waals surface area (Å²) in [5.41, 5.74) is 2.12. The van der Waals surface area contributed by atoms with Crippen molar-refractivity contribution in [2.45, 2.75) is 19.1 Å². The molecule has 0 aliphatic rings. The number of hydrogen-bond donors (Lipinski definition) is 2. The molecule has 0 aliphatic heterocycles. The topological polar surface area (TPSA) is 39.7 Å². The molecule has 0 aromatic heterocycles. The highest BCUT2D eigenvalue weighted by Gasteiger charge is 2.26. The molecule has 0 aliphatic carbocycles. The van der Waals surface area contributed by atoms with Crippen LogP contribution in [-0.2, 0) is 6.54 Å². The van der Waals surface area contributed by atoms with Crippen molar-refractivity contribution in [3.05, 3.63) is 29.8 Å². The van der Waals surface area contributed by atoms with Gasteiger partial charge in [0, 0.05) is 39.9 Å². The van der Waals surface area contributed by atoms with Crippen molar-refractivity contribution in [1.29, 1.82) is 0 Å². The van der Waals surface area contributed by atoms with Gasteiger partial charge < -0.3 is 15.5 Å². The SMILES string of the molecule is CN=C(NCCC(F)(F)F)NCc1ccc(N(C)C)cc1.I. The van der Waals surface area contributed by atoms with E-state index in [1.165, 1.54) is 7.05 Å². The number of benzene rings is 1. The third-order valence-electron chi connectivity index (χ3n) is 2.84. The number of nitrogens with zero attached hydrogens (tertiary/aromatic N) is 2. The van der Waals surface area contributed by atoms with Crippen LogP contribution in [0, 0.1) is 0 Å². The molecule has 0 bridgehead atoms. The van der Waals surface area contributed by atoms with Crippen molar-refractivity contribution < 1.29 is 13.2 Å². The molecule has 0 radical (unpaired) electrons. The summed E-state index contributed by atoms with van der Waals surface area (Å²) < 4.78 is 36.2. The molecule has 126 valence electrons. The smallest absolute Gasteiger partial charge is 0.378 e. The molecule has 0 heterocycles. The Morgan fingerprint density at radius 3 is 2.18 bits per heavy atom. The molecule has 0 unspecified atom stereocenters. The van der Waals surface area contributed by atoms with E-state index >= 15 is 0 Å². The predicted molar refractivity (Wildman–Crippen MR) is 95.1 cm³/mol. The second-order valence-electron chi connectivity index (χ2n) is 4.78. The summed E-state index contributed by atoms with van der Waals surface area (Å²) in [5.74, 6) is 0.357. The summed E-state index contributed by atoms with van der Waals surface area (Å²) in [6.07, 6.45) is -5.04. The summed E-state index contributed by atoms with van der Waals surface area (Å²) >= 11 is 0. The Morgan fingerprint density at radius 1 is 1.14 bits per heavy atom. The number of nitrogens with one attached hydrogen (secondary N) is 2. The summed E-state index contributed by atoms with van der Waals surface area (Å²) in [6.45, 7) is 0.308. The minimum absolute atomic E-state index is 0. The quantitative estimate of drug-likeness (QED) is 0.429. The molecule has 1 aromatic rings. The molecule has 22 heavy (non-hydrogen) atoms. The first-order valence-corrected chi connectivity index (χ1v) is 6.59. The number of hydrogen-bond acceptors (Lipinski definition) is 2. The van der Waals surface area contributed by atoms with Gasteiger partial charge in [-0.1, -0.05) is 12.1 Å². The van der Waals surface area contributed by atoms with Gasteiger partial charge in [-0.05, 0) is 17.7 Å². The van der Waals surface area contributed by atoms with Crippen LogP contribution < -0.4 is 15.5 Å². The molecule has 1 aromatic carbocycles. The van der Waals surface area contributed by atoms with E-state index in [-0.39, 0.29) is 30.5 Å². The van der Waals surface area contributed by atoms with Gasteiger partial charge in [0.1, 0.15) is 0 Å². The van der Waals surface area contributed by atoms with E-state index in [2.05, 4.69) is 15.6 Å². The molecular formula is C14H22F3IN4. The van der Waals surface area contributed by atoms with Crippen LogP contribution in [0.1, 0.15) is 12.0 Å². The van der Waals surface area contributed by atoms with Crippen LogP contribution in [-0.4, -0.2) is 39.8 Å². The molecule has 2 N–H and O–H groups in total. The van der Waals surface area contributed by atoms with Crippen LogP contribution in [0.3, 0.4) is 0 Å². The minimum atomic E-state index is -4.16. The van der Waals surface area contributed by atoms with E-state index < -0.39 is 12.6 Å². The van der Waals surface area contributed by atoms with Crippen molar-refractivity contribution >= 4 is 35.6 Å². The van der Waals surface area contributed by atoms with E-state index in [1.807, 2.05) is 43.3 Å². The fourth-order valence-corrected chi connectivity index (χ4v) is 1.64. The first-order valence-electron chi connectivity index (χ1n) is 6.59. The lowest BCUT2D eigenvalue weighted by Crippen LogP contribution is -2.38. The third-order valence-corrected chi connectivity index (χ3v) is 2.84. The Labute approximate surface area is 146 Å². The lowest BCUT2D eigenvalue weighted by Gasteiger charge is -2.14. The maximum absolute atomic E-state index is 12.1. The molecule has 0 amide bonds. The Kier molecular flexibility index (Phi) is 9.22. The molecule has 0 spiro atoms. The van der Waals surface area contributed by atoms with Crippen LogP contribution in [0.5, 0.6) is 0 Å². The van der Waals surface area contributed by atoms with Gasteiger partial charge in [0.05, 0.1) is 6.42 Å². The Hall–Kier alpha value is -1.19. The van der Waals surface area contributed by atoms with E-state index in [4.69, 9.17) is 0 Å². The highest BCUT2D eigenvalue weighted by atomic mass is 127. The second kappa shape index (κ2) is 9.75. The molecule has 0 saturated carbocycles. The highest BCUT2D eigenvalue weighted by Crippen LogP contribution is 2.18. The van der Waals surface area contributed by atoms with Crippen LogP contribution in [0.4, 0.5) is 18.9 Å². The van der Waals surface area contributed by atoms with Gasteiger partial charge in [-0.25, -0.2) is 0 Å². The zero-order valence-corrected chi connectivity index (χ0v) is 15.2. The van der Waals surface area contributed by atoms with Crippen LogP contribution in [0.2, 0.25) is 0 Å². The van der Waals surface area contributed by atoms with Gasteiger partial charge >= 0.3 is 6.18 Å². The zero-order valence-electron chi connectivity index (χ0n) is 12.9. The largest absolute Gasteiger partial charge is 0.390 e. The Morgan fingerprint density at radius 2 is 1.73 bits per heavy atom. The molecule has 0 fully saturated rings. The Bertz CT molecular complexity index is 458. The van der Waals surface area contributed by atoms with Crippen molar-refractivity contribution in [2.24, 2.45) is 4.99 Å². The van der Waals surface area contributed by atoms with Gasteiger partial charge in [-0.3, -0.25) is 4.99 Å². The van der Waals surface area contributed by atoms with Crippen LogP contribution >= 0.6 is 24.0 Å². The summed E-state index contributed by atoms with van der Waals surface area (Å²) in [6, 6.07) is 7.89. The van der Waals surface area contributed by atoms with Gasteiger partial charge in [0.15, 0.2) is 5.96 Å². The third kappa shape index (κ3) is 8.30. The average molecular weight is 430 g/mol. The molecule has 4 nitrogen and oxygen atoms in total. The monoisotopic (exact) mass is 430 g/mol. The van der Waals surface area contributed by atoms with E-state index in [9.17, 15) is 13.2 Å². The van der Waals surface area contributed by atoms with Gasteiger partial charge in [0.2, 0.25) is 0 Å². The van der Waals surface area contributed by atoms with Crippen molar-refractivity contribution in [1.82, 2.24) is 10.6 Å². The van der Waals surface area contributed by atoms with E-state index in [0.717, 1.165) is 11.3 Å². The molecule has 0 saturated heterocycles. The average Bonchev–Trinajstić information content (AvgIpc) is 2.41. The van der Waals surface area contributed by atoms with Gasteiger partial charge in [-0.15, -0.1) is 24.0 Å². The summed E-state index contributed by atoms with van der Waals surface area (Å²) in [4.78, 5) is 5.88. The predicted octanol–water partition coefficient (Wildman–Crippen LogP) is 2.99.